The Labute approximate surface area is 156 Å². The largest absolute Gasteiger partial charge is 0.646 e. The summed E-state index contributed by atoms with van der Waals surface area (Å²) in [5.74, 6) is -0.970. The fraction of sp³-hybridized carbons (Fsp3) is 1.00. The predicted molar refractivity (Wildman–Crippen MR) is 84.5 cm³/mol. The molecule has 0 aromatic heterocycles. The van der Waals surface area contributed by atoms with Gasteiger partial charge in [0.05, 0.1) is 17.6 Å². The monoisotopic (exact) mass is 452 g/mol. The molecule has 0 atom stereocenters. The summed E-state index contributed by atoms with van der Waals surface area (Å²) in [6, 6.07) is 0. The van der Waals surface area contributed by atoms with Crippen LogP contribution in [0.5, 0.6) is 0 Å². The van der Waals surface area contributed by atoms with Gasteiger partial charge in [0.1, 0.15) is 0 Å². The van der Waals surface area contributed by atoms with Gasteiger partial charge in [-0.05, 0) is 0 Å². The second-order valence-corrected chi connectivity index (χ2v) is 8.00. The lowest BCUT2D eigenvalue weighted by molar-refractivity contribution is 0.0474. The van der Waals surface area contributed by atoms with E-state index in [4.69, 9.17) is 118 Å². The average Bonchev–Trinajstić information content (AvgIpc) is 2.27. The summed E-state index contributed by atoms with van der Waals surface area (Å²) in [5, 5.41) is 0. The van der Waals surface area contributed by atoms with Crippen LogP contribution < -0.4 is 0 Å². The molecule has 0 heterocycles. The molecule has 0 aliphatic carbocycles. The second-order valence-electron chi connectivity index (χ2n) is 2.96. The molecular weight excluding hydrogens is 450 g/mol. The fourth-order valence-electron chi connectivity index (χ4n) is 0.589. The van der Waals surface area contributed by atoms with Crippen LogP contribution >= 0.6 is 104 Å². The van der Waals surface area contributed by atoms with Gasteiger partial charge >= 0.3 is 7.32 Å². The molecule has 13 heteroatoms. The molecule has 0 aliphatic heterocycles. The van der Waals surface area contributed by atoms with Crippen LogP contribution in [0.1, 0.15) is 0 Å². The van der Waals surface area contributed by atoms with E-state index in [1.807, 2.05) is 0 Å². The van der Waals surface area contributed by atoms with Gasteiger partial charge in [0.15, 0.2) is 0 Å². The van der Waals surface area contributed by atoms with E-state index in [0.717, 1.165) is 0 Å². The highest BCUT2D eigenvalue weighted by Crippen LogP contribution is 2.34. The summed E-state index contributed by atoms with van der Waals surface area (Å²) in [5.41, 5.74) is 0. The SMILES string of the molecule is ClCC(Cl)(Cl)OB(OC(Cl)(Cl)CCl)OC(Cl)(Cl)CCl. The van der Waals surface area contributed by atoms with E-state index in [-0.39, 0.29) is 17.6 Å². The van der Waals surface area contributed by atoms with Gasteiger partial charge < -0.3 is 14.0 Å². The minimum Gasteiger partial charge on any atom is -0.353 e. The molecule has 0 amide bonds. The average molecular weight is 456 g/mol. The number of hydrogen-bond donors (Lipinski definition) is 0. The Morgan fingerprint density at radius 2 is 0.789 bits per heavy atom. The van der Waals surface area contributed by atoms with Crippen molar-refractivity contribution in [3.8, 4) is 0 Å². The Bertz CT molecular complexity index is 234. The lowest BCUT2D eigenvalue weighted by Gasteiger charge is -2.29. The summed E-state index contributed by atoms with van der Waals surface area (Å²) in [4.78, 5) is 0. The van der Waals surface area contributed by atoms with Crippen LogP contribution in [0, 0.1) is 0 Å². The molecule has 0 saturated heterocycles. The van der Waals surface area contributed by atoms with Crippen LogP contribution in [0.3, 0.4) is 0 Å². The molecule has 0 aliphatic rings. The van der Waals surface area contributed by atoms with Gasteiger partial charge in [0.2, 0.25) is 13.6 Å². The summed E-state index contributed by atoms with van der Waals surface area (Å²) < 4.78 is 9.30. The van der Waals surface area contributed by atoms with Crippen LogP contribution in [-0.2, 0) is 14.0 Å². The molecule has 0 N–H and O–H groups in total. The highest BCUT2D eigenvalue weighted by Gasteiger charge is 2.44. The van der Waals surface area contributed by atoms with E-state index in [1.54, 1.807) is 0 Å². The molecule has 0 saturated carbocycles. The molecule has 0 spiro atoms. The number of hydrogen-bond acceptors (Lipinski definition) is 3. The second kappa shape index (κ2) is 9.00. The van der Waals surface area contributed by atoms with Gasteiger partial charge in [0, 0.05) is 0 Å². The summed E-state index contributed by atoms with van der Waals surface area (Å²) in [6.07, 6.45) is 0. The maximum atomic E-state index is 5.67. The van der Waals surface area contributed by atoms with Crippen molar-refractivity contribution in [3.05, 3.63) is 0 Å². The molecule has 19 heavy (non-hydrogen) atoms. The Morgan fingerprint density at radius 1 is 0.579 bits per heavy atom. The molecule has 0 unspecified atom stereocenters. The van der Waals surface area contributed by atoms with Gasteiger partial charge in [-0.2, -0.15) is 0 Å². The molecule has 0 radical (unpaired) electrons. The third-order valence-electron chi connectivity index (χ3n) is 1.27. The van der Waals surface area contributed by atoms with Gasteiger partial charge in [-0.3, -0.25) is 0 Å². The summed E-state index contributed by atoms with van der Waals surface area (Å²) in [6.45, 7) is 0. The van der Waals surface area contributed by atoms with Crippen molar-refractivity contribution in [3.63, 3.8) is 0 Å². The van der Waals surface area contributed by atoms with Crippen molar-refractivity contribution in [2.24, 2.45) is 0 Å². The molecule has 0 aromatic carbocycles. The molecule has 0 rings (SSSR count). The van der Waals surface area contributed by atoms with E-state index < -0.39 is 20.9 Å². The highest BCUT2D eigenvalue weighted by atomic mass is 35.5. The standard InChI is InChI=1S/C6H6BCl9O3/c8-1-4(11,12)17-7(18-5(13,14)2-9)19-6(15,16)3-10/h1-3H2. The Morgan fingerprint density at radius 3 is 0.947 bits per heavy atom. The van der Waals surface area contributed by atoms with Crippen molar-refractivity contribution in [1.82, 2.24) is 0 Å². The Hall–Kier alpha value is 2.55. The molecule has 0 bridgehead atoms. The Kier molecular flexibility index (Phi) is 10.2. The Balaban J connectivity index is 4.84. The maximum Gasteiger partial charge on any atom is 0.646 e. The van der Waals surface area contributed by atoms with Gasteiger partial charge in [0.25, 0.3) is 0 Å². The van der Waals surface area contributed by atoms with Crippen LogP contribution in [0.25, 0.3) is 0 Å². The van der Waals surface area contributed by atoms with Crippen molar-refractivity contribution in [2.45, 2.75) is 13.6 Å². The van der Waals surface area contributed by atoms with Crippen LogP contribution in [0.15, 0.2) is 0 Å². The van der Waals surface area contributed by atoms with E-state index in [0.29, 0.717) is 0 Å². The predicted octanol–water partition coefficient (Wildman–Crippen LogP) is 5.13. The molecule has 0 fully saturated rings. The van der Waals surface area contributed by atoms with Crippen molar-refractivity contribution < 1.29 is 14.0 Å². The van der Waals surface area contributed by atoms with E-state index in [2.05, 4.69) is 0 Å². The third kappa shape index (κ3) is 10.0. The fourth-order valence-corrected chi connectivity index (χ4v) is 1.21. The molecule has 114 valence electrons. The van der Waals surface area contributed by atoms with Gasteiger partial charge in [-0.15, -0.1) is 34.8 Å². The van der Waals surface area contributed by atoms with Gasteiger partial charge in [-0.1, -0.05) is 69.6 Å². The summed E-state index contributed by atoms with van der Waals surface area (Å²) >= 11 is 50.4. The normalized spacial score (nSPS) is 13.7. The first kappa shape index (κ1) is 21.6. The van der Waals surface area contributed by atoms with Crippen molar-refractivity contribution in [2.75, 3.05) is 17.6 Å². The minimum absolute atomic E-state index is 0.323. The quantitative estimate of drug-likeness (QED) is 0.356. The third-order valence-corrected chi connectivity index (χ3v) is 4.56. The zero-order valence-corrected chi connectivity index (χ0v) is 15.6. The lowest BCUT2D eigenvalue weighted by atomic mass is 10.2. The first-order valence-electron chi connectivity index (χ1n) is 4.32. The van der Waals surface area contributed by atoms with E-state index >= 15 is 0 Å². The summed E-state index contributed by atoms with van der Waals surface area (Å²) in [7, 11) is -1.67. The zero-order chi connectivity index (χ0) is 15.3. The molecular formula is C6H6BCl9O3. The van der Waals surface area contributed by atoms with E-state index in [9.17, 15) is 0 Å². The van der Waals surface area contributed by atoms with Crippen LogP contribution in [0.4, 0.5) is 0 Å². The van der Waals surface area contributed by atoms with Crippen molar-refractivity contribution >= 4 is 112 Å². The topological polar surface area (TPSA) is 27.7 Å². The first-order chi connectivity index (χ1) is 8.47. The zero-order valence-electron chi connectivity index (χ0n) is 8.83. The maximum absolute atomic E-state index is 5.67. The minimum atomic E-state index is -1.86. The number of halogens is 9. The smallest absolute Gasteiger partial charge is 0.353 e. The van der Waals surface area contributed by atoms with Crippen LogP contribution in [0.2, 0.25) is 0 Å². The first-order valence-corrected chi connectivity index (χ1v) is 8.19. The number of rotatable bonds is 9. The highest BCUT2D eigenvalue weighted by molar-refractivity contribution is 6.57. The van der Waals surface area contributed by atoms with E-state index in [1.165, 1.54) is 0 Å². The van der Waals surface area contributed by atoms with Gasteiger partial charge in [-0.25, -0.2) is 0 Å². The van der Waals surface area contributed by atoms with Crippen LogP contribution in [-0.4, -0.2) is 38.5 Å². The number of alkyl halides is 9. The van der Waals surface area contributed by atoms with Crippen molar-refractivity contribution in [1.29, 1.82) is 0 Å². The molecule has 3 nitrogen and oxygen atoms in total. The lowest BCUT2D eigenvalue weighted by Crippen LogP contribution is -2.44. The molecule has 0 aromatic rings.